The minimum absolute atomic E-state index is 0.0337. The number of hydrogen-bond acceptors (Lipinski definition) is 9. The third-order valence-electron chi connectivity index (χ3n) is 12.7. The van der Waals surface area contributed by atoms with Crippen LogP contribution in [0.3, 0.4) is 0 Å². The third kappa shape index (κ3) is 3.08. The van der Waals surface area contributed by atoms with Crippen molar-refractivity contribution < 1.29 is 38.7 Å². The smallest absolute Gasteiger partial charge is 0.308 e. The maximum Gasteiger partial charge on any atom is 0.308 e. The molecule has 0 aromatic carbocycles. The first kappa shape index (κ1) is 28.3. The van der Waals surface area contributed by atoms with E-state index in [1.807, 2.05) is 13.8 Å². The van der Waals surface area contributed by atoms with Crippen LogP contribution < -0.4 is 0 Å². The number of likely N-dealkylation sites (N-methyl/N-ethyl adjacent to an activating group) is 1. The van der Waals surface area contributed by atoms with Gasteiger partial charge in [0.25, 0.3) is 0 Å². The molecule has 1 saturated heterocycles. The minimum atomic E-state index is -1.60. The number of ether oxygens (including phenoxy) is 5. The lowest BCUT2D eigenvalue weighted by Gasteiger charge is -2.70. The molecule has 5 aliphatic carbocycles. The summed E-state index contributed by atoms with van der Waals surface area (Å²) in [4.78, 5) is 15.6. The molecule has 0 amide bonds. The predicted molar refractivity (Wildman–Crippen MR) is 142 cm³/mol. The van der Waals surface area contributed by atoms with Crippen molar-refractivity contribution >= 4 is 5.97 Å². The number of esters is 1. The molecule has 39 heavy (non-hydrogen) atoms. The Morgan fingerprint density at radius 1 is 1.10 bits per heavy atom. The second kappa shape index (κ2) is 9.35. The zero-order valence-electron chi connectivity index (χ0n) is 24.7. The van der Waals surface area contributed by atoms with E-state index in [0.717, 1.165) is 32.4 Å². The first-order valence-corrected chi connectivity index (χ1v) is 15.1. The maximum atomic E-state index is 13.3. The highest BCUT2D eigenvalue weighted by molar-refractivity contribution is 5.72. The van der Waals surface area contributed by atoms with Gasteiger partial charge < -0.3 is 33.9 Å². The summed E-state index contributed by atoms with van der Waals surface area (Å²) >= 11 is 0. The van der Waals surface area contributed by atoms with Gasteiger partial charge in [0, 0.05) is 70.0 Å². The van der Waals surface area contributed by atoms with Gasteiger partial charge in [0.05, 0.1) is 36.9 Å². The summed E-state index contributed by atoms with van der Waals surface area (Å²) in [6.45, 7) is 8.07. The number of aliphatic hydroxyl groups is 2. The highest BCUT2D eigenvalue weighted by atomic mass is 16.6. The molecule has 9 heteroatoms. The number of piperidine rings is 1. The van der Waals surface area contributed by atoms with E-state index in [1.54, 1.807) is 28.4 Å². The number of methoxy groups -OCH3 is 4. The number of carbonyl (C=O) groups is 1. The number of carbonyl (C=O) groups excluding carboxylic acids is 1. The Hall–Kier alpha value is -0.810. The first-order valence-electron chi connectivity index (χ1n) is 15.1. The van der Waals surface area contributed by atoms with Gasteiger partial charge in [0.1, 0.15) is 17.3 Å². The highest BCUT2D eigenvalue weighted by Crippen LogP contribution is 2.80. The number of hydrogen-bond donors (Lipinski definition) is 2. The predicted octanol–water partition coefficient (Wildman–Crippen LogP) is 1.87. The molecule has 5 saturated carbocycles. The topological polar surface area (TPSA) is 107 Å². The third-order valence-corrected chi connectivity index (χ3v) is 12.7. The summed E-state index contributed by atoms with van der Waals surface area (Å²) in [5, 5.41) is 26.4. The molecule has 6 rings (SSSR count). The second-order valence-electron chi connectivity index (χ2n) is 13.6. The van der Waals surface area contributed by atoms with Crippen molar-refractivity contribution in [3.05, 3.63) is 0 Å². The van der Waals surface area contributed by atoms with Gasteiger partial charge in [-0.15, -0.1) is 0 Å². The summed E-state index contributed by atoms with van der Waals surface area (Å²) in [7, 11) is 6.87. The van der Waals surface area contributed by atoms with Gasteiger partial charge in [0.2, 0.25) is 0 Å². The van der Waals surface area contributed by atoms with Crippen molar-refractivity contribution in [2.75, 3.05) is 48.1 Å². The molecule has 6 aliphatic rings. The molecule has 1 aliphatic heterocycles. The lowest BCUT2D eigenvalue weighted by atomic mass is 9.42. The van der Waals surface area contributed by atoms with Crippen LogP contribution in [0.5, 0.6) is 0 Å². The Bertz CT molecular complexity index is 981. The van der Waals surface area contributed by atoms with Crippen molar-refractivity contribution in [2.45, 2.75) is 94.5 Å². The van der Waals surface area contributed by atoms with Crippen LogP contribution in [-0.4, -0.2) is 111 Å². The summed E-state index contributed by atoms with van der Waals surface area (Å²) in [6, 6.07) is -0.355. The second-order valence-corrected chi connectivity index (χ2v) is 13.6. The monoisotopic (exact) mass is 551 g/mol. The number of rotatable bonds is 9. The van der Waals surface area contributed by atoms with E-state index in [2.05, 4.69) is 11.8 Å². The van der Waals surface area contributed by atoms with E-state index in [-0.39, 0.29) is 59.7 Å². The molecule has 1 heterocycles. The zero-order valence-corrected chi connectivity index (χ0v) is 24.7. The van der Waals surface area contributed by atoms with E-state index in [0.29, 0.717) is 13.0 Å². The van der Waals surface area contributed by atoms with E-state index in [4.69, 9.17) is 23.7 Å². The molecule has 0 radical (unpaired) electrons. The van der Waals surface area contributed by atoms with Gasteiger partial charge in [-0.05, 0) is 38.1 Å². The van der Waals surface area contributed by atoms with E-state index in [1.165, 1.54) is 0 Å². The Morgan fingerprint density at radius 2 is 1.85 bits per heavy atom. The van der Waals surface area contributed by atoms with Crippen molar-refractivity contribution in [2.24, 2.45) is 40.4 Å². The lowest BCUT2D eigenvalue weighted by Crippen LogP contribution is -2.82. The van der Waals surface area contributed by atoms with Crippen molar-refractivity contribution in [3.63, 3.8) is 0 Å². The van der Waals surface area contributed by atoms with Crippen LogP contribution in [0.15, 0.2) is 0 Å². The Balaban J connectivity index is 1.61. The largest absolute Gasteiger partial charge is 0.461 e. The van der Waals surface area contributed by atoms with E-state index in [9.17, 15) is 15.0 Å². The molecule has 6 fully saturated rings. The van der Waals surface area contributed by atoms with Crippen LogP contribution in [0.2, 0.25) is 0 Å². The first-order chi connectivity index (χ1) is 18.6. The fourth-order valence-corrected chi connectivity index (χ4v) is 11.5. The molecule has 2 N–H and O–H groups in total. The molecule has 1 spiro atoms. The van der Waals surface area contributed by atoms with Gasteiger partial charge in [-0.3, -0.25) is 9.69 Å². The van der Waals surface area contributed by atoms with Crippen LogP contribution in [0, 0.1) is 40.4 Å². The van der Waals surface area contributed by atoms with Gasteiger partial charge >= 0.3 is 5.97 Å². The molecule has 0 aromatic rings. The molecule has 222 valence electrons. The highest BCUT2D eigenvalue weighted by Gasteiger charge is 2.91. The van der Waals surface area contributed by atoms with Crippen LogP contribution >= 0.6 is 0 Å². The molecule has 14 atom stereocenters. The van der Waals surface area contributed by atoms with Crippen LogP contribution in [0.1, 0.15) is 52.9 Å². The average molecular weight is 552 g/mol. The fourth-order valence-electron chi connectivity index (χ4n) is 11.5. The van der Waals surface area contributed by atoms with Gasteiger partial charge in [-0.1, -0.05) is 20.8 Å². The van der Waals surface area contributed by atoms with Crippen molar-refractivity contribution in [1.29, 1.82) is 0 Å². The van der Waals surface area contributed by atoms with Gasteiger partial charge in [-0.2, -0.15) is 0 Å². The maximum absolute atomic E-state index is 13.3. The normalized spacial score (nSPS) is 54.0. The molecule has 0 unspecified atom stereocenters. The average Bonchev–Trinajstić information content (AvgIpc) is 3.32. The van der Waals surface area contributed by atoms with Crippen LogP contribution in [0.25, 0.3) is 0 Å². The van der Waals surface area contributed by atoms with Gasteiger partial charge in [0.15, 0.2) is 0 Å². The van der Waals surface area contributed by atoms with E-state index >= 15 is 0 Å². The Morgan fingerprint density at radius 3 is 2.44 bits per heavy atom. The Labute approximate surface area is 232 Å². The van der Waals surface area contributed by atoms with Crippen molar-refractivity contribution in [3.8, 4) is 0 Å². The number of likely N-dealkylation sites (tertiary alicyclic amines) is 1. The van der Waals surface area contributed by atoms with E-state index < -0.39 is 34.7 Å². The summed E-state index contributed by atoms with van der Waals surface area (Å²) < 4.78 is 31.0. The molecule has 0 aromatic heterocycles. The van der Waals surface area contributed by atoms with Crippen LogP contribution in [-0.2, 0) is 28.5 Å². The number of fused-ring (bicyclic) bond motifs is 2. The number of nitrogens with zero attached hydrogens (tertiary/aromatic N) is 1. The standard InChI is InChI=1S/C30H49NO8/c1-8-16(3)25(32)39-22-17-12-18-21(22)28(33,13-19(17)36-5)30(34)24(38-7)23-27(15-35-4)11-10-20(37-6)29(18,23)26(30)31(9-2)14-27/h16-24,26,33-34H,8-15H2,1-7H3/t16-,17+,18+,19-,20-,21+,22-,23+,24-,26-,27-,28+,29-,30-/m0/s1. The van der Waals surface area contributed by atoms with Crippen LogP contribution in [0.4, 0.5) is 0 Å². The zero-order chi connectivity index (χ0) is 28.1. The Kier molecular flexibility index (Phi) is 6.79. The van der Waals surface area contributed by atoms with Crippen molar-refractivity contribution in [1.82, 2.24) is 4.90 Å². The summed E-state index contributed by atoms with van der Waals surface area (Å²) in [6.07, 6.45) is 1.85. The molecular weight excluding hydrogens is 502 g/mol. The SMILES string of the molecule is CC[C@H](C)C(=O)O[C@H]1[C@@H]2C[C@@H]3[C@H]1[C@](O)(C[C@@H]2OC)[C@]1(O)[C@@H](OC)[C@@H]2[C@@]4(COC)CC[C@H](OC)[C@@]32[C@@H]1N(CC)C4. The molecular formula is C30H49NO8. The lowest BCUT2D eigenvalue weighted by molar-refractivity contribution is -0.319. The van der Waals surface area contributed by atoms with Gasteiger partial charge in [-0.25, -0.2) is 0 Å². The quantitative estimate of drug-likeness (QED) is 0.416. The minimum Gasteiger partial charge on any atom is -0.461 e. The molecule has 9 nitrogen and oxygen atoms in total. The molecule has 7 bridgehead atoms. The fraction of sp³-hybridized carbons (Fsp3) is 0.967. The summed E-state index contributed by atoms with van der Waals surface area (Å²) in [5.41, 5.74) is -3.91. The summed E-state index contributed by atoms with van der Waals surface area (Å²) in [5.74, 6) is -1.07.